The van der Waals surface area contributed by atoms with Crippen LogP contribution in [0.1, 0.15) is 0 Å². The van der Waals surface area contributed by atoms with Crippen LogP contribution in [-0.4, -0.2) is 20.2 Å². The standard InChI is InChI=1S/C13H8Br2ClN5/c14-9-2-1-3-10(15)12(9)21-13(18-19-20-21)8-5-4-7(16)6-11(8)17/h1-6H,17H2. The van der Waals surface area contributed by atoms with Gasteiger partial charge in [0.15, 0.2) is 5.82 Å². The number of anilines is 1. The van der Waals surface area contributed by atoms with Gasteiger partial charge in [-0.3, -0.25) is 0 Å². The molecule has 0 fully saturated rings. The largest absolute Gasteiger partial charge is 0.398 e. The van der Waals surface area contributed by atoms with Gasteiger partial charge in [0, 0.05) is 25.2 Å². The summed E-state index contributed by atoms with van der Waals surface area (Å²) >= 11 is 12.9. The third-order valence-corrected chi connectivity index (χ3v) is 4.39. The summed E-state index contributed by atoms with van der Waals surface area (Å²) in [5.41, 5.74) is 8.05. The summed E-state index contributed by atoms with van der Waals surface area (Å²) in [6.07, 6.45) is 0. The summed E-state index contributed by atoms with van der Waals surface area (Å²) in [6, 6.07) is 11.0. The second-order valence-corrected chi connectivity index (χ2v) is 6.36. The summed E-state index contributed by atoms with van der Waals surface area (Å²) in [5, 5.41) is 12.4. The third kappa shape index (κ3) is 2.68. The van der Waals surface area contributed by atoms with E-state index in [1.165, 1.54) is 0 Å². The minimum absolute atomic E-state index is 0.515. The predicted octanol–water partition coefficient (Wildman–Crippen LogP) is 4.09. The van der Waals surface area contributed by atoms with E-state index < -0.39 is 0 Å². The predicted molar refractivity (Wildman–Crippen MR) is 89.4 cm³/mol. The van der Waals surface area contributed by atoms with Gasteiger partial charge in [0.2, 0.25) is 0 Å². The van der Waals surface area contributed by atoms with Crippen molar-refractivity contribution in [1.29, 1.82) is 0 Å². The highest BCUT2D eigenvalue weighted by atomic mass is 79.9. The Morgan fingerprint density at radius 2 is 1.81 bits per heavy atom. The number of halogens is 3. The monoisotopic (exact) mass is 427 g/mol. The molecule has 0 atom stereocenters. The lowest BCUT2D eigenvalue weighted by molar-refractivity contribution is 0.786. The Morgan fingerprint density at radius 3 is 2.48 bits per heavy atom. The molecule has 106 valence electrons. The van der Waals surface area contributed by atoms with Gasteiger partial charge in [-0.1, -0.05) is 17.7 Å². The summed E-state index contributed by atoms with van der Waals surface area (Å²) in [6.45, 7) is 0. The Balaban J connectivity index is 2.22. The summed E-state index contributed by atoms with van der Waals surface area (Å²) < 4.78 is 3.34. The lowest BCUT2D eigenvalue weighted by Crippen LogP contribution is -2.03. The van der Waals surface area contributed by atoms with E-state index in [4.69, 9.17) is 17.3 Å². The van der Waals surface area contributed by atoms with Crippen LogP contribution in [-0.2, 0) is 0 Å². The lowest BCUT2D eigenvalue weighted by atomic mass is 10.1. The first-order valence-corrected chi connectivity index (χ1v) is 7.82. The van der Waals surface area contributed by atoms with Gasteiger partial charge in [-0.25, -0.2) is 0 Å². The number of tetrazole rings is 1. The number of hydrogen-bond acceptors (Lipinski definition) is 4. The highest BCUT2D eigenvalue weighted by Crippen LogP contribution is 2.33. The van der Waals surface area contributed by atoms with Gasteiger partial charge >= 0.3 is 0 Å². The number of rotatable bonds is 2. The van der Waals surface area contributed by atoms with Crippen molar-refractivity contribution in [2.45, 2.75) is 0 Å². The van der Waals surface area contributed by atoms with Gasteiger partial charge < -0.3 is 5.73 Å². The molecule has 2 aromatic carbocycles. The minimum atomic E-state index is 0.515. The van der Waals surface area contributed by atoms with Gasteiger partial charge in [-0.15, -0.1) is 5.10 Å². The van der Waals surface area contributed by atoms with E-state index in [0.717, 1.165) is 14.6 Å². The lowest BCUT2D eigenvalue weighted by Gasteiger charge is -2.10. The smallest absolute Gasteiger partial charge is 0.189 e. The topological polar surface area (TPSA) is 69.6 Å². The van der Waals surface area contributed by atoms with Crippen molar-refractivity contribution in [3.8, 4) is 17.1 Å². The molecule has 8 heteroatoms. The molecule has 5 nitrogen and oxygen atoms in total. The Morgan fingerprint density at radius 1 is 1.10 bits per heavy atom. The van der Waals surface area contributed by atoms with Crippen LogP contribution in [0.4, 0.5) is 5.69 Å². The van der Waals surface area contributed by atoms with Gasteiger partial charge in [0.05, 0.1) is 5.69 Å². The first-order chi connectivity index (χ1) is 10.1. The first-order valence-electron chi connectivity index (χ1n) is 5.86. The van der Waals surface area contributed by atoms with Crippen LogP contribution in [0.15, 0.2) is 45.3 Å². The van der Waals surface area contributed by atoms with Gasteiger partial charge in [-0.05, 0) is 72.6 Å². The number of hydrogen-bond donors (Lipinski definition) is 1. The molecule has 0 saturated heterocycles. The fourth-order valence-electron chi connectivity index (χ4n) is 1.93. The van der Waals surface area contributed by atoms with Crippen molar-refractivity contribution in [1.82, 2.24) is 20.2 Å². The van der Waals surface area contributed by atoms with Crippen LogP contribution in [0, 0.1) is 0 Å². The summed E-state index contributed by atoms with van der Waals surface area (Å²) in [5.74, 6) is 0.539. The first kappa shape index (κ1) is 14.5. The van der Waals surface area contributed by atoms with Gasteiger partial charge in [-0.2, -0.15) is 4.68 Å². The zero-order valence-electron chi connectivity index (χ0n) is 10.5. The SMILES string of the molecule is Nc1cc(Cl)ccc1-c1nnnn1-c1c(Br)cccc1Br. The number of nitrogens with two attached hydrogens (primary N) is 1. The van der Waals surface area contributed by atoms with Crippen LogP contribution in [0.3, 0.4) is 0 Å². The molecule has 0 amide bonds. The van der Waals surface area contributed by atoms with Crippen molar-refractivity contribution in [2.24, 2.45) is 0 Å². The Labute approximate surface area is 142 Å². The summed E-state index contributed by atoms with van der Waals surface area (Å²) in [7, 11) is 0. The highest BCUT2D eigenvalue weighted by Gasteiger charge is 2.17. The number of benzene rings is 2. The van der Waals surface area contributed by atoms with Gasteiger partial charge in [0.25, 0.3) is 0 Å². The quantitative estimate of drug-likeness (QED) is 0.623. The fraction of sp³-hybridized carbons (Fsp3) is 0. The second-order valence-electron chi connectivity index (χ2n) is 4.22. The van der Waals surface area contributed by atoms with E-state index in [1.807, 2.05) is 18.2 Å². The molecule has 1 aromatic heterocycles. The van der Waals surface area contributed by atoms with Crippen molar-refractivity contribution < 1.29 is 0 Å². The molecule has 2 N–H and O–H groups in total. The molecule has 0 unspecified atom stereocenters. The van der Waals surface area contributed by atoms with Crippen LogP contribution in [0.2, 0.25) is 5.02 Å². The maximum Gasteiger partial charge on any atom is 0.189 e. The molecule has 0 aliphatic heterocycles. The van der Waals surface area contributed by atoms with Gasteiger partial charge in [0.1, 0.15) is 0 Å². The van der Waals surface area contributed by atoms with Crippen molar-refractivity contribution in [2.75, 3.05) is 5.73 Å². The van der Waals surface area contributed by atoms with Crippen molar-refractivity contribution in [3.63, 3.8) is 0 Å². The zero-order valence-corrected chi connectivity index (χ0v) is 14.4. The molecule has 0 bridgehead atoms. The minimum Gasteiger partial charge on any atom is -0.398 e. The Hall–Kier alpha value is -1.44. The molecule has 3 rings (SSSR count). The maximum atomic E-state index is 6.02. The fourth-order valence-corrected chi connectivity index (χ4v) is 3.45. The average molecular weight is 430 g/mol. The highest BCUT2D eigenvalue weighted by molar-refractivity contribution is 9.11. The van der Waals surface area contributed by atoms with E-state index >= 15 is 0 Å². The molecule has 0 aliphatic rings. The molecule has 0 aliphatic carbocycles. The second kappa shape index (κ2) is 5.75. The van der Waals surface area contributed by atoms with Crippen LogP contribution in [0.25, 0.3) is 17.1 Å². The number of aromatic nitrogens is 4. The Kier molecular flexibility index (Phi) is 3.97. The summed E-state index contributed by atoms with van der Waals surface area (Å²) in [4.78, 5) is 0. The van der Waals surface area contributed by atoms with E-state index in [-0.39, 0.29) is 0 Å². The molecule has 0 radical (unpaired) electrons. The Bertz CT molecular complexity index is 798. The van der Waals surface area contributed by atoms with E-state index in [9.17, 15) is 0 Å². The van der Waals surface area contributed by atoms with Crippen molar-refractivity contribution in [3.05, 3.63) is 50.4 Å². The molecule has 1 heterocycles. The zero-order chi connectivity index (χ0) is 15.0. The molecule has 0 spiro atoms. The molecule has 3 aromatic rings. The van der Waals surface area contributed by atoms with Crippen LogP contribution in [0.5, 0.6) is 0 Å². The molecular weight excluding hydrogens is 421 g/mol. The molecule has 0 saturated carbocycles. The number of para-hydroxylation sites is 1. The average Bonchev–Trinajstić information content (AvgIpc) is 2.87. The van der Waals surface area contributed by atoms with Crippen molar-refractivity contribution >= 4 is 49.1 Å². The van der Waals surface area contributed by atoms with Crippen LogP contribution < -0.4 is 5.73 Å². The maximum absolute atomic E-state index is 6.02. The number of nitrogens with zero attached hydrogens (tertiary/aromatic N) is 4. The van der Waals surface area contributed by atoms with Crippen LogP contribution >= 0.6 is 43.5 Å². The van der Waals surface area contributed by atoms with E-state index in [0.29, 0.717) is 22.1 Å². The van der Waals surface area contributed by atoms with E-state index in [2.05, 4.69) is 47.4 Å². The van der Waals surface area contributed by atoms with E-state index in [1.54, 1.807) is 22.9 Å². The molecule has 21 heavy (non-hydrogen) atoms. The molecular formula is C13H8Br2ClN5. The number of nitrogen functional groups attached to an aromatic ring is 1. The third-order valence-electron chi connectivity index (χ3n) is 2.87. The normalized spacial score (nSPS) is 10.8.